The minimum atomic E-state index is -0.594. The molecule has 88 valence electrons. The van der Waals surface area contributed by atoms with Crippen molar-refractivity contribution in [2.45, 2.75) is 24.9 Å². The van der Waals surface area contributed by atoms with Gasteiger partial charge >= 0.3 is 0 Å². The summed E-state index contributed by atoms with van der Waals surface area (Å²) < 4.78 is 0. The first-order chi connectivity index (χ1) is 8.06. The summed E-state index contributed by atoms with van der Waals surface area (Å²) in [6.45, 7) is 0. The third-order valence-corrected chi connectivity index (χ3v) is 3.58. The van der Waals surface area contributed by atoms with E-state index in [1.807, 2.05) is 18.2 Å². The largest absolute Gasteiger partial charge is 0.508 e. The summed E-state index contributed by atoms with van der Waals surface area (Å²) in [6.07, 6.45) is 2.15. The number of rotatable bonds is 2. The molecule has 2 nitrogen and oxygen atoms in total. The molecule has 1 fully saturated rings. The van der Waals surface area contributed by atoms with Crippen LogP contribution in [0.2, 0.25) is 5.02 Å². The summed E-state index contributed by atoms with van der Waals surface area (Å²) in [7, 11) is 0. The SMILES string of the molecule is Oc1cc2ccc(Cl)cc2cc1CC1(O)CC1. The quantitative estimate of drug-likeness (QED) is 0.856. The van der Waals surface area contributed by atoms with Crippen LogP contribution in [0.3, 0.4) is 0 Å². The van der Waals surface area contributed by atoms with E-state index in [2.05, 4.69) is 0 Å². The Hall–Kier alpha value is -1.25. The van der Waals surface area contributed by atoms with Gasteiger partial charge in [0.05, 0.1) is 5.60 Å². The fraction of sp³-hybridized carbons (Fsp3) is 0.286. The van der Waals surface area contributed by atoms with E-state index in [9.17, 15) is 10.2 Å². The predicted octanol–water partition coefficient (Wildman–Crippen LogP) is 3.27. The van der Waals surface area contributed by atoms with Crippen LogP contribution in [0.4, 0.5) is 0 Å². The summed E-state index contributed by atoms with van der Waals surface area (Å²) in [5.74, 6) is 0.250. The number of halogens is 1. The van der Waals surface area contributed by atoms with Crippen molar-refractivity contribution in [2.24, 2.45) is 0 Å². The van der Waals surface area contributed by atoms with E-state index in [4.69, 9.17) is 11.6 Å². The number of phenolic OH excluding ortho intramolecular Hbond substituents is 1. The topological polar surface area (TPSA) is 40.5 Å². The summed E-state index contributed by atoms with van der Waals surface area (Å²) in [5.41, 5.74) is 0.198. The van der Waals surface area contributed by atoms with E-state index in [0.29, 0.717) is 11.4 Å². The molecule has 2 N–H and O–H groups in total. The fourth-order valence-electron chi connectivity index (χ4n) is 2.12. The van der Waals surface area contributed by atoms with Crippen molar-refractivity contribution in [2.75, 3.05) is 0 Å². The first-order valence-electron chi connectivity index (χ1n) is 5.69. The zero-order chi connectivity index (χ0) is 12.0. The lowest BCUT2D eigenvalue weighted by atomic mass is 10.0. The Bertz CT molecular complexity index is 588. The number of phenols is 1. The highest BCUT2D eigenvalue weighted by Gasteiger charge is 2.40. The van der Waals surface area contributed by atoms with Crippen LogP contribution in [-0.2, 0) is 6.42 Å². The predicted molar refractivity (Wildman–Crippen MR) is 68.5 cm³/mol. The van der Waals surface area contributed by atoms with Gasteiger partial charge in [-0.25, -0.2) is 0 Å². The highest BCUT2D eigenvalue weighted by Crippen LogP contribution is 2.40. The summed E-state index contributed by atoms with van der Waals surface area (Å²) in [6, 6.07) is 9.20. The van der Waals surface area contributed by atoms with E-state index in [0.717, 1.165) is 29.2 Å². The Morgan fingerprint density at radius 2 is 1.88 bits per heavy atom. The van der Waals surface area contributed by atoms with E-state index >= 15 is 0 Å². The molecular weight excluding hydrogens is 236 g/mol. The van der Waals surface area contributed by atoms with Crippen LogP contribution in [0.1, 0.15) is 18.4 Å². The van der Waals surface area contributed by atoms with Gasteiger partial charge in [0.15, 0.2) is 0 Å². The summed E-state index contributed by atoms with van der Waals surface area (Å²) in [4.78, 5) is 0. The van der Waals surface area contributed by atoms with Crippen molar-refractivity contribution in [3.63, 3.8) is 0 Å². The number of benzene rings is 2. The van der Waals surface area contributed by atoms with Gasteiger partial charge in [-0.1, -0.05) is 17.7 Å². The maximum Gasteiger partial charge on any atom is 0.119 e. The van der Waals surface area contributed by atoms with Crippen molar-refractivity contribution in [1.29, 1.82) is 0 Å². The highest BCUT2D eigenvalue weighted by atomic mass is 35.5. The third-order valence-electron chi connectivity index (χ3n) is 3.35. The van der Waals surface area contributed by atoms with Gasteiger partial charge in [-0.15, -0.1) is 0 Å². The molecule has 0 aromatic heterocycles. The monoisotopic (exact) mass is 248 g/mol. The molecule has 17 heavy (non-hydrogen) atoms. The number of fused-ring (bicyclic) bond motifs is 1. The molecule has 0 heterocycles. The van der Waals surface area contributed by atoms with Crippen LogP contribution in [0.5, 0.6) is 5.75 Å². The lowest BCUT2D eigenvalue weighted by Gasteiger charge is -2.11. The van der Waals surface area contributed by atoms with Crippen LogP contribution in [0, 0.1) is 0 Å². The smallest absolute Gasteiger partial charge is 0.119 e. The first kappa shape index (κ1) is 10.9. The van der Waals surface area contributed by atoms with Crippen molar-refractivity contribution < 1.29 is 10.2 Å². The molecule has 3 heteroatoms. The second-order valence-corrected chi connectivity index (χ2v) is 5.31. The summed E-state index contributed by atoms with van der Waals surface area (Å²) >= 11 is 5.94. The fourth-order valence-corrected chi connectivity index (χ4v) is 2.30. The molecule has 2 aromatic carbocycles. The Labute approximate surface area is 104 Å². The molecule has 1 saturated carbocycles. The van der Waals surface area contributed by atoms with E-state index < -0.39 is 5.60 Å². The molecule has 0 aliphatic heterocycles. The third kappa shape index (κ3) is 2.11. The number of aromatic hydroxyl groups is 1. The molecule has 0 amide bonds. The molecule has 1 aliphatic rings. The lowest BCUT2D eigenvalue weighted by molar-refractivity contribution is 0.150. The normalized spacial score (nSPS) is 17.3. The van der Waals surface area contributed by atoms with Crippen molar-refractivity contribution >= 4 is 22.4 Å². The van der Waals surface area contributed by atoms with Crippen LogP contribution in [-0.4, -0.2) is 15.8 Å². The van der Waals surface area contributed by atoms with E-state index in [-0.39, 0.29) is 5.75 Å². The van der Waals surface area contributed by atoms with Crippen LogP contribution in [0.25, 0.3) is 10.8 Å². The molecule has 0 unspecified atom stereocenters. The second-order valence-electron chi connectivity index (χ2n) is 4.87. The van der Waals surface area contributed by atoms with Gasteiger partial charge in [0.25, 0.3) is 0 Å². The maximum atomic E-state index is 9.92. The van der Waals surface area contributed by atoms with E-state index in [1.165, 1.54) is 0 Å². The van der Waals surface area contributed by atoms with Crippen LogP contribution < -0.4 is 0 Å². The number of hydrogen-bond acceptors (Lipinski definition) is 2. The first-order valence-corrected chi connectivity index (χ1v) is 6.07. The van der Waals surface area contributed by atoms with Gasteiger partial charge in [-0.3, -0.25) is 0 Å². The molecule has 3 rings (SSSR count). The Kier molecular flexibility index (Phi) is 2.32. The number of aliphatic hydroxyl groups is 1. The maximum absolute atomic E-state index is 9.92. The Morgan fingerprint density at radius 3 is 2.59 bits per heavy atom. The average Bonchev–Trinajstić information content (AvgIpc) is 2.98. The highest BCUT2D eigenvalue weighted by molar-refractivity contribution is 6.31. The average molecular weight is 249 g/mol. The lowest BCUT2D eigenvalue weighted by Crippen LogP contribution is -2.10. The van der Waals surface area contributed by atoms with Gasteiger partial charge in [0, 0.05) is 11.4 Å². The molecule has 0 spiro atoms. The van der Waals surface area contributed by atoms with Crippen LogP contribution >= 0.6 is 11.6 Å². The number of hydrogen-bond donors (Lipinski definition) is 2. The van der Waals surface area contributed by atoms with Crippen molar-refractivity contribution in [3.8, 4) is 5.75 Å². The Balaban J connectivity index is 2.08. The zero-order valence-electron chi connectivity index (χ0n) is 9.28. The van der Waals surface area contributed by atoms with Crippen molar-refractivity contribution in [3.05, 3.63) is 40.9 Å². The minimum Gasteiger partial charge on any atom is -0.508 e. The molecule has 0 radical (unpaired) electrons. The molecule has 0 bridgehead atoms. The zero-order valence-corrected chi connectivity index (χ0v) is 10.0. The molecule has 0 saturated heterocycles. The molecule has 1 aliphatic carbocycles. The van der Waals surface area contributed by atoms with Gasteiger partial charge in [0.1, 0.15) is 5.75 Å². The Morgan fingerprint density at radius 1 is 1.12 bits per heavy atom. The molecule has 0 atom stereocenters. The van der Waals surface area contributed by atoms with Crippen molar-refractivity contribution in [1.82, 2.24) is 0 Å². The van der Waals surface area contributed by atoms with Gasteiger partial charge in [0.2, 0.25) is 0 Å². The van der Waals surface area contributed by atoms with Gasteiger partial charge in [-0.2, -0.15) is 0 Å². The van der Waals surface area contributed by atoms with Crippen LogP contribution in [0.15, 0.2) is 30.3 Å². The minimum absolute atomic E-state index is 0.250. The molecule has 2 aromatic rings. The van der Waals surface area contributed by atoms with Gasteiger partial charge < -0.3 is 10.2 Å². The van der Waals surface area contributed by atoms with E-state index in [1.54, 1.807) is 12.1 Å². The van der Waals surface area contributed by atoms with Gasteiger partial charge in [-0.05, 0) is 53.4 Å². The summed E-state index contributed by atoms with van der Waals surface area (Å²) in [5, 5.41) is 22.5. The second kappa shape index (κ2) is 3.62. The standard InChI is InChI=1S/C14H13ClO2/c15-12-2-1-9-7-13(16)11(5-10(9)6-12)8-14(17)3-4-14/h1-2,5-7,16-17H,3-4,8H2. The molecular formula is C14H13ClO2.